The van der Waals surface area contributed by atoms with Crippen molar-refractivity contribution in [3.05, 3.63) is 83.9 Å². The number of hydrogen-bond donors (Lipinski definition) is 1. The summed E-state index contributed by atoms with van der Waals surface area (Å²) >= 11 is 0. The van der Waals surface area contributed by atoms with Gasteiger partial charge in [0.15, 0.2) is 6.10 Å². The molecule has 0 aromatic heterocycles. The van der Waals surface area contributed by atoms with Crippen molar-refractivity contribution >= 4 is 27.5 Å². The summed E-state index contributed by atoms with van der Waals surface area (Å²) in [6, 6.07) is 20.7. The highest BCUT2D eigenvalue weighted by atomic mass is 32.2. The summed E-state index contributed by atoms with van der Waals surface area (Å²) < 4.78 is 39.2. The minimum absolute atomic E-state index is 0.0410. The molecular weight excluding hydrogens is 506 g/mol. The second kappa shape index (κ2) is 11.7. The molecule has 0 unspecified atom stereocenters. The van der Waals surface area contributed by atoms with E-state index in [9.17, 15) is 18.0 Å². The summed E-state index contributed by atoms with van der Waals surface area (Å²) in [5.74, 6) is -0.286. The summed E-state index contributed by atoms with van der Waals surface area (Å²) in [6.07, 6.45) is -0.949. The largest absolute Gasteiger partial charge is 0.495 e. The second-order valence-electron chi connectivity index (χ2n) is 8.65. The average Bonchev–Trinajstić information content (AvgIpc) is 2.95. The molecule has 200 valence electrons. The van der Waals surface area contributed by atoms with Crippen LogP contribution in [0.3, 0.4) is 0 Å². The average molecular weight is 538 g/mol. The third-order valence-corrected chi connectivity index (χ3v) is 8.43. The van der Waals surface area contributed by atoms with Crippen LogP contribution >= 0.6 is 0 Å². The molecule has 1 N–H and O–H groups in total. The van der Waals surface area contributed by atoms with Crippen LogP contribution < -0.4 is 19.7 Å². The number of sulfonamides is 1. The van der Waals surface area contributed by atoms with Crippen molar-refractivity contribution in [3.63, 3.8) is 0 Å². The zero-order valence-corrected chi connectivity index (χ0v) is 22.4. The molecule has 1 aliphatic rings. The van der Waals surface area contributed by atoms with Crippen LogP contribution in [-0.2, 0) is 21.4 Å². The van der Waals surface area contributed by atoms with Gasteiger partial charge in [0, 0.05) is 25.2 Å². The molecule has 9 nitrogen and oxygen atoms in total. The van der Waals surface area contributed by atoms with Crippen LogP contribution in [0.2, 0.25) is 0 Å². The number of ether oxygens (including phenoxy) is 2. The molecule has 0 aliphatic carbocycles. The maximum atomic E-state index is 13.8. The van der Waals surface area contributed by atoms with Gasteiger partial charge in [0.2, 0.25) is 10.0 Å². The Morgan fingerprint density at radius 2 is 1.71 bits per heavy atom. The normalized spacial score (nSPS) is 14.9. The fourth-order valence-corrected chi connectivity index (χ4v) is 5.97. The van der Waals surface area contributed by atoms with E-state index in [4.69, 9.17) is 9.47 Å². The molecule has 38 heavy (non-hydrogen) atoms. The first-order valence-electron chi connectivity index (χ1n) is 12.4. The van der Waals surface area contributed by atoms with Gasteiger partial charge in [0.05, 0.1) is 19.3 Å². The van der Waals surface area contributed by atoms with Crippen LogP contribution in [0, 0.1) is 0 Å². The molecule has 3 aromatic rings. The van der Waals surface area contributed by atoms with Gasteiger partial charge in [-0.3, -0.25) is 9.59 Å². The lowest BCUT2D eigenvalue weighted by Gasteiger charge is -2.34. The highest BCUT2D eigenvalue weighted by molar-refractivity contribution is 7.89. The minimum Gasteiger partial charge on any atom is -0.495 e. The molecule has 1 atom stereocenters. The van der Waals surface area contributed by atoms with E-state index in [1.807, 2.05) is 30.3 Å². The van der Waals surface area contributed by atoms with Crippen molar-refractivity contribution in [2.45, 2.75) is 31.4 Å². The quantitative estimate of drug-likeness (QED) is 0.448. The topological polar surface area (TPSA) is 105 Å². The zero-order valence-electron chi connectivity index (χ0n) is 21.6. The van der Waals surface area contributed by atoms with Gasteiger partial charge in [-0.1, -0.05) is 56.3 Å². The van der Waals surface area contributed by atoms with Crippen molar-refractivity contribution in [1.82, 2.24) is 9.62 Å². The van der Waals surface area contributed by atoms with Gasteiger partial charge in [0.25, 0.3) is 11.8 Å². The van der Waals surface area contributed by atoms with E-state index in [0.717, 1.165) is 5.56 Å². The molecule has 0 spiro atoms. The SMILES string of the molecule is CCN(CC)S(=O)(=O)c1cc(C(=O)N2C[C@H](C(=O)NCc3ccccc3)Oc3ccccc32)ccc1OC. The molecule has 0 saturated carbocycles. The van der Waals surface area contributed by atoms with Crippen molar-refractivity contribution in [1.29, 1.82) is 0 Å². The lowest BCUT2D eigenvalue weighted by atomic mass is 10.1. The van der Waals surface area contributed by atoms with Gasteiger partial charge in [-0.05, 0) is 35.9 Å². The Kier molecular flexibility index (Phi) is 8.33. The molecule has 0 radical (unpaired) electrons. The second-order valence-corrected chi connectivity index (χ2v) is 10.6. The number of nitrogens with zero attached hydrogens (tertiary/aromatic N) is 2. The maximum absolute atomic E-state index is 13.8. The number of carbonyl (C=O) groups is 2. The summed E-state index contributed by atoms with van der Waals surface area (Å²) in [4.78, 5) is 28.2. The highest BCUT2D eigenvalue weighted by Gasteiger charge is 2.35. The fraction of sp³-hybridized carbons (Fsp3) is 0.286. The van der Waals surface area contributed by atoms with Crippen molar-refractivity contribution in [2.24, 2.45) is 0 Å². The van der Waals surface area contributed by atoms with Gasteiger partial charge in [-0.25, -0.2) is 8.42 Å². The van der Waals surface area contributed by atoms with Crippen LogP contribution in [0.15, 0.2) is 77.7 Å². The maximum Gasteiger partial charge on any atom is 0.263 e. The summed E-state index contributed by atoms with van der Waals surface area (Å²) in [5.41, 5.74) is 1.58. The summed E-state index contributed by atoms with van der Waals surface area (Å²) in [5, 5.41) is 2.86. The molecule has 0 fully saturated rings. The first kappa shape index (κ1) is 27.2. The Labute approximate surface area is 223 Å². The van der Waals surface area contributed by atoms with Crippen LogP contribution in [0.5, 0.6) is 11.5 Å². The number of benzene rings is 3. The first-order chi connectivity index (χ1) is 18.3. The Bertz CT molecular complexity index is 1410. The number of nitrogens with one attached hydrogen (secondary N) is 1. The Morgan fingerprint density at radius 1 is 1.03 bits per heavy atom. The molecule has 10 heteroatoms. The number of rotatable bonds is 9. The monoisotopic (exact) mass is 537 g/mol. The molecule has 3 aromatic carbocycles. The number of anilines is 1. The molecule has 0 bridgehead atoms. The number of para-hydroxylation sites is 2. The Morgan fingerprint density at radius 3 is 2.39 bits per heavy atom. The predicted octanol–water partition coefficient (Wildman–Crippen LogP) is 3.45. The van der Waals surface area contributed by atoms with Crippen molar-refractivity contribution < 1.29 is 27.5 Å². The third kappa shape index (κ3) is 5.51. The summed E-state index contributed by atoms with van der Waals surface area (Å²) in [6.45, 7) is 4.32. The van der Waals surface area contributed by atoms with Gasteiger partial charge in [0.1, 0.15) is 16.4 Å². The van der Waals surface area contributed by atoms with Crippen molar-refractivity contribution in [2.75, 3.05) is 31.6 Å². The van der Waals surface area contributed by atoms with E-state index in [1.165, 1.54) is 34.5 Å². The number of amides is 2. The lowest BCUT2D eigenvalue weighted by molar-refractivity contribution is -0.128. The van der Waals surface area contributed by atoms with Gasteiger partial charge in [-0.2, -0.15) is 4.31 Å². The Hall–Kier alpha value is -3.89. The van der Waals surface area contributed by atoms with E-state index in [2.05, 4.69) is 5.32 Å². The number of hydrogen-bond acceptors (Lipinski definition) is 6. The third-order valence-electron chi connectivity index (χ3n) is 6.35. The number of fused-ring (bicyclic) bond motifs is 1. The van der Waals surface area contributed by atoms with E-state index < -0.39 is 22.0 Å². The number of methoxy groups -OCH3 is 1. The molecule has 1 heterocycles. The van der Waals surface area contributed by atoms with E-state index in [1.54, 1.807) is 38.1 Å². The molecule has 4 rings (SSSR count). The standard InChI is InChI=1S/C28H31N3O6S/c1-4-30(5-2)38(34,35)26-17-21(15-16-24(26)36-3)28(33)31-19-25(37-23-14-10-9-13-22(23)31)27(32)29-18-20-11-7-6-8-12-20/h6-17,25H,4-5,18-19H2,1-3H3,(H,29,32)/t25-/m1/s1. The molecule has 0 saturated heterocycles. The minimum atomic E-state index is -3.90. The van der Waals surface area contributed by atoms with Crippen molar-refractivity contribution in [3.8, 4) is 11.5 Å². The first-order valence-corrected chi connectivity index (χ1v) is 13.8. The predicted molar refractivity (Wildman–Crippen MR) is 144 cm³/mol. The van der Waals surface area contributed by atoms with E-state index in [-0.39, 0.29) is 41.7 Å². The van der Waals surface area contributed by atoms with Crippen LogP contribution in [0.25, 0.3) is 0 Å². The molecule has 2 amide bonds. The smallest absolute Gasteiger partial charge is 0.263 e. The molecular formula is C28H31N3O6S. The van der Waals surface area contributed by atoms with Gasteiger partial charge in [-0.15, -0.1) is 0 Å². The zero-order chi connectivity index (χ0) is 27.3. The summed E-state index contributed by atoms with van der Waals surface area (Å²) in [7, 11) is -2.52. The van der Waals surface area contributed by atoms with E-state index in [0.29, 0.717) is 18.0 Å². The van der Waals surface area contributed by atoms with E-state index >= 15 is 0 Å². The van der Waals surface area contributed by atoms with Crippen LogP contribution in [0.4, 0.5) is 5.69 Å². The highest BCUT2D eigenvalue weighted by Crippen LogP contribution is 2.35. The van der Waals surface area contributed by atoms with Gasteiger partial charge < -0.3 is 19.7 Å². The molecule has 1 aliphatic heterocycles. The lowest BCUT2D eigenvalue weighted by Crippen LogP contribution is -2.50. The number of carbonyl (C=O) groups excluding carboxylic acids is 2. The van der Waals surface area contributed by atoms with Crippen LogP contribution in [0.1, 0.15) is 29.8 Å². The van der Waals surface area contributed by atoms with Gasteiger partial charge >= 0.3 is 0 Å². The Balaban J connectivity index is 1.64. The fourth-order valence-electron chi connectivity index (χ4n) is 4.33. The van der Waals surface area contributed by atoms with Crippen LogP contribution in [-0.4, -0.2) is 57.4 Å².